The molecule has 1 amide bonds. The van der Waals surface area contributed by atoms with Crippen LogP contribution in [0.25, 0.3) is 0 Å². The van der Waals surface area contributed by atoms with E-state index in [1.54, 1.807) is 12.3 Å². The van der Waals surface area contributed by atoms with Gasteiger partial charge in [-0.15, -0.1) is 0 Å². The molecule has 5 nitrogen and oxygen atoms in total. The second-order valence-corrected chi connectivity index (χ2v) is 5.99. The fourth-order valence-electron chi connectivity index (χ4n) is 2.93. The first kappa shape index (κ1) is 14.8. The first-order valence-corrected chi connectivity index (χ1v) is 7.76. The van der Waals surface area contributed by atoms with Crippen molar-refractivity contribution in [1.29, 1.82) is 0 Å². The summed E-state index contributed by atoms with van der Waals surface area (Å²) in [5.41, 5.74) is 0.429. The van der Waals surface area contributed by atoms with E-state index < -0.39 is 5.79 Å². The quantitative estimate of drug-likeness (QED) is 0.932. The monoisotopic (exact) mass is 310 g/mol. The molecule has 1 aromatic rings. The van der Waals surface area contributed by atoms with Gasteiger partial charge >= 0.3 is 0 Å². The van der Waals surface area contributed by atoms with Crippen LogP contribution in [-0.4, -0.2) is 35.9 Å². The Labute approximate surface area is 129 Å². The molecule has 1 spiro atoms. The smallest absolute Gasteiger partial charge is 0.253 e. The molecule has 1 saturated carbocycles. The van der Waals surface area contributed by atoms with Crippen molar-refractivity contribution in [2.75, 3.05) is 13.2 Å². The molecule has 2 fully saturated rings. The summed E-state index contributed by atoms with van der Waals surface area (Å²) in [5, 5.41) is 3.20. The van der Waals surface area contributed by atoms with Crippen LogP contribution < -0.4 is 5.32 Å². The van der Waals surface area contributed by atoms with E-state index in [2.05, 4.69) is 10.3 Å². The predicted molar refractivity (Wildman–Crippen MR) is 78.2 cm³/mol. The SMILES string of the molecule is O=C(NCC1COC2(CCCCC2)O1)c1ccncc1Cl. The molecule has 0 aromatic carbocycles. The number of hydrogen-bond donors (Lipinski definition) is 1. The van der Waals surface area contributed by atoms with Gasteiger partial charge in [-0.25, -0.2) is 0 Å². The normalized spacial score (nSPS) is 24.1. The van der Waals surface area contributed by atoms with E-state index >= 15 is 0 Å². The minimum atomic E-state index is -0.401. The molecule has 1 N–H and O–H groups in total. The summed E-state index contributed by atoms with van der Waals surface area (Å²) >= 11 is 5.95. The summed E-state index contributed by atoms with van der Waals surface area (Å²) in [6.45, 7) is 0.962. The van der Waals surface area contributed by atoms with Gasteiger partial charge < -0.3 is 14.8 Å². The van der Waals surface area contributed by atoms with Crippen LogP contribution in [0.5, 0.6) is 0 Å². The van der Waals surface area contributed by atoms with Crippen molar-refractivity contribution in [1.82, 2.24) is 10.3 Å². The van der Waals surface area contributed by atoms with Gasteiger partial charge in [0.05, 0.1) is 17.2 Å². The van der Waals surface area contributed by atoms with E-state index in [0.717, 1.165) is 25.7 Å². The molecule has 1 aromatic heterocycles. The number of pyridine rings is 1. The third-order valence-corrected chi connectivity index (χ3v) is 4.34. The van der Waals surface area contributed by atoms with Gasteiger partial charge in [0.2, 0.25) is 0 Å². The fraction of sp³-hybridized carbons (Fsp3) is 0.600. The van der Waals surface area contributed by atoms with Crippen LogP contribution in [0.2, 0.25) is 5.02 Å². The lowest BCUT2D eigenvalue weighted by molar-refractivity contribution is -0.186. The lowest BCUT2D eigenvalue weighted by Crippen LogP contribution is -2.37. The maximum Gasteiger partial charge on any atom is 0.253 e. The molecule has 0 radical (unpaired) electrons. The highest BCUT2D eigenvalue weighted by Crippen LogP contribution is 2.37. The largest absolute Gasteiger partial charge is 0.349 e. The van der Waals surface area contributed by atoms with Crippen molar-refractivity contribution in [3.63, 3.8) is 0 Å². The van der Waals surface area contributed by atoms with Gasteiger partial charge in [0.15, 0.2) is 5.79 Å². The van der Waals surface area contributed by atoms with Gasteiger partial charge in [-0.3, -0.25) is 9.78 Å². The molecule has 2 heterocycles. The summed E-state index contributed by atoms with van der Waals surface area (Å²) in [4.78, 5) is 15.9. The van der Waals surface area contributed by atoms with E-state index in [0.29, 0.717) is 23.7 Å². The van der Waals surface area contributed by atoms with Crippen LogP contribution >= 0.6 is 11.6 Å². The van der Waals surface area contributed by atoms with Crippen LogP contribution in [0.1, 0.15) is 42.5 Å². The summed E-state index contributed by atoms with van der Waals surface area (Å²) < 4.78 is 11.9. The van der Waals surface area contributed by atoms with E-state index in [1.165, 1.54) is 12.6 Å². The maximum absolute atomic E-state index is 12.1. The highest BCUT2D eigenvalue weighted by molar-refractivity contribution is 6.33. The van der Waals surface area contributed by atoms with Crippen LogP contribution in [0.3, 0.4) is 0 Å². The number of hydrogen-bond acceptors (Lipinski definition) is 4. The number of ether oxygens (including phenoxy) is 2. The molecule has 2 aliphatic rings. The van der Waals surface area contributed by atoms with Crippen LogP contribution in [0.15, 0.2) is 18.5 Å². The zero-order chi connectivity index (χ0) is 14.7. The summed E-state index contributed by atoms with van der Waals surface area (Å²) in [6, 6.07) is 1.60. The summed E-state index contributed by atoms with van der Waals surface area (Å²) in [5.74, 6) is -0.613. The van der Waals surface area contributed by atoms with Gasteiger partial charge in [-0.05, 0) is 18.9 Å². The number of halogens is 1. The first-order chi connectivity index (χ1) is 10.2. The number of nitrogens with zero attached hydrogens (tertiary/aromatic N) is 1. The number of carbonyl (C=O) groups is 1. The molecule has 6 heteroatoms. The van der Waals surface area contributed by atoms with Crippen molar-refractivity contribution < 1.29 is 14.3 Å². The Morgan fingerprint density at radius 1 is 1.43 bits per heavy atom. The molecule has 3 rings (SSSR count). The molecule has 0 bridgehead atoms. The third kappa shape index (κ3) is 3.36. The van der Waals surface area contributed by atoms with E-state index in [9.17, 15) is 4.79 Å². The number of rotatable bonds is 3. The van der Waals surface area contributed by atoms with Crippen LogP contribution in [0.4, 0.5) is 0 Å². The van der Waals surface area contributed by atoms with E-state index in [1.807, 2.05) is 0 Å². The topological polar surface area (TPSA) is 60.5 Å². The minimum absolute atomic E-state index is 0.0901. The Morgan fingerprint density at radius 2 is 2.24 bits per heavy atom. The molecule has 1 aliphatic carbocycles. The molecular formula is C15H19ClN2O3. The Balaban J connectivity index is 1.52. The summed E-state index contributed by atoms with van der Waals surface area (Å²) in [7, 11) is 0. The highest BCUT2D eigenvalue weighted by atomic mass is 35.5. The third-order valence-electron chi connectivity index (χ3n) is 4.04. The minimum Gasteiger partial charge on any atom is -0.349 e. The zero-order valence-electron chi connectivity index (χ0n) is 11.8. The lowest BCUT2D eigenvalue weighted by Gasteiger charge is -2.31. The molecule has 1 saturated heterocycles. The number of carbonyl (C=O) groups excluding carboxylic acids is 1. The van der Waals surface area contributed by atoms with Gasteiger partial charge in [0.25, 0.3) is 5.91 Å². The molecule has 21 heavy (non-hydrogen) atoms. The standard InChI is InChI=1S/C15H19ClN2O3/c16-13-9-17-7-4-12(13)14(19)18-8-11-10-20-15(21-11)5-2-1-3-6-15/h4,7,9,11H,1-3,5-6,8,10H2,(H,18,19). The fourth-order valence-corrected chi connectivity index (χ4v) is 3.14. The second kappa shape index (κ2) is 6.30. The van der Waals surface area contributed by atoms with Crippen molar-refractivity contribution in [3.05, 3.63) is 29.0 Å². The Hall–Kier alpha value is -1.17. The van der Waals surface area contributed by atoms with Crippen molar-refractivity contribution in [2.45, 2.75) is 44.0 Å². The number of aromatic nitrogens is 1. The average Bonchev–Trinajstić information content (AvgIpc) is 2.89. The van der Waals surface area contributed by atoms with E-state index in [-0.39, 0.29) is 12.0 Å². The average molecular weight is 311 g/mol. The Kier molecular flexibility index (Phi) is 4.42. The van der Waals surface area contributed by atoms with Gasteiger partial charge in [-0.1, -0.05) is 18.0 Å². The molecular weight excluding hydrogens is 292 g/mol. The highest BCUT2D eigenvalue weighted by Gasteiger charge is 2.42. The van der Waals surface area contributed by atoms with Crippen molar-refractivity contribution in [2.24, 2.45) is 0 Å². The molecule has 114 valence electrons. The van der Waals surface area contributed by atoms with E-state index in [4.69, 9.17) is 21.1 Å². The lowest BCUT2D eigenvalue weighted by atomic mass is 9.94. The molecule has 1 aliphatic heterocycles. The van der Waals surface area contributed by atoms with Crippen molar-refractivity contribution in [3.8, 4) is 0 Å². The zero-order valence-corrected chi connectivity index (χ0v) is 12.6. The Morgan fingerprint density at radius 3 is 3.00 bits per heavy atom. The van der Waals surface area contributed by atoms with Crippen LogP contribution in [-0.2, 0) is 9.47 Å². The van der Waals surface area contributed by atoms with Crippen LogP contribution in [0, 0.1) is 0 Å². The maximum atomic E-state index is 12.1. The molecule has 1 atom stereocenters. The van der Waals surface area contributed by atoms with Gasteiger partial charge in [0, 0.05) is 31.8 Å². The van der Waals surface area contributed by atoms with Gasteiger partial charge in [-0.2, -0.15) is 0 Å². The number of amides is 1. The predicted octanol–water partition coefficient (Wildman–Crippen LogP) is 2.54. The van der Waals surface area contributed by atoms with Gasteiger partial charge in [0.1, 0.15) is 6.10 Å². The summed E-state index contributed by atoms with van der Waals surface area (Å²) in [6.07, 6.45) is 8.36. The number of nitrogens with one attached hydrogen (secondary N) is 1. The first-order valence-electron chi connectivity index (χ1n) is 7.38. The molecule has 1 unspecified atom stereocenters. The van der Waals surface area contributed by atoms with Crippen molar-refractivity contribution >= 4 is 17.5 Å². The second-order valence-electron chi connectivity index (χ2n) is 5.59. The Bertz CT molecular complexity index is 517.